The summed E-state index contributed by atoms with van der Waals surface area (Å²) < 4.78 is 0. The second-order valence-corrected chi connectivity index (χ2v) is 4.34. The van der Waals surface area contributed by atoms with E-state index in [1.807, 2.05) is 12.4 Å². The van der Waals surface area contributed by atoms with Gasteiger partial charge in [-0.2, -0.15) is 0 Å². The number of aromatic nitrogens is 1. The van der Waals surface area contributed by atoms with Crippen LogP contribution in [0.1, 0.15) is 18.9 Å². The van der Waals surface area contributed by atoms with E-state index in [4.69, 9.17) is 0 Å². The quantitative estimate of drug-likeness (QED) is 0.692. The lowest BCUT2D eigenvalue weighted by atomic mass is 10.0. The SMILES string of the molecule is CCN1CCN2CCCc3cncc1c32. The van der Waals surface area contributed by atoms with Crippen molar-refractivity contribution >= 4 is 11.4 Å². The van der Waals surface area contributed by atoms with E-state index in [0.717, 1.165) is 13.1 Å². The molecular formula is C12H17N3. The molecule has 0 aromatic carbocycles. The van der Waals surface area contributed by atoms with Gasteiger partial charge in [-0.15, -0.1) is 0 Å². The van der Waals surface area contributed by atoms with Crippen molar-refractivity contribution in [1.29, 1.82) is 0 Å². The molecule has 0 aliphatic carbocycles. The summed E-state index contributed by atoms with van der Waals surface area (Å²) in [5, 5.41) is 0. The normalized spacial score (nSPS) is 19.0. The fourth-order valence-electron chi connectivity index (χ4n) is 2.75. The highest BCUT2D eigenvalue weighted by Crippen LogP contribution is 2.38. The first-order chi connectivity index (χ1) is 7.40. The first kappa shape index (κ1) is 9.01. The highest BCUT2D eigenvalue weighted by Gasteiger charge is 2.26. The number of pyridine rings is 1. The van der Waals surface area contributed by atoms with Crippen LogP contribution in [0, 0.1) is 0 Å². The van der Waals surface area contributed by atoms with Crippen molar-refractivity contribution in [2.75, 3.05) is 36.0 Å². The lowest BCUT2D eigenvalue weighted by molar-refractivity contribution is 0.647. The Morgan fingerprint density at radius 3 is 3.07 bits per heavy atom. The van der Waals surface area contributed by atoms with Crippen LogP contribution in [0.15, 0.2) is 12.4 Å². The van der Waals surface area contributed by atoms with Gasteiger partial charge in [-0.3, -0.25) is 4.98 Å². The summed E-state index contributed by atoms with van der Waals surface area (Å²) in [7, 11) is 0. The van der Waals surface area contributed by atoms with Gasteiger partial charge in [0.2, 0.25) is 0 Å². The van der Waals surface area contributed by atoms with Crippen LogP contribution in [0.2, 0.25) is 0 Å². The Kier molecular flexibility index (Phi) is 2.04. The maximum Gasteiger partial charge on any atom is 0.0793 e. The summed E-state index contributed by atoms with van der Waals surface area (Å²) in [6, 6.07) is 0. The lowest BCUT2D eigenvalue weighted by Crippen LogP contribution is -2.43. The number of likely N-dealkylation sites (N-methyl/N-ethyl adjacent to an activating group) is 1. The number of anilines is 2. The molecule has 0 bridgehead atoms. The van der Waals surface area contributed by atoms with Gasteiger partial charge < -0.3 is 9.80 Å². The van der Waals surface area contributed by atoms with Crippen LogP contribution in [0.3, 0.4) is 0 Å². The maximum atomic E-state index is 4.37. The van der Waals surface area contributed by atoms with E-state index in [2.05, 4.69) is 21.7 Å². The summed E-state index contributed by atoms with van der Waals surface area (Å²) in [6.07, 6.45) is 6.55. The minimum absolute atomic E-state index is 1.09. The van der Waals surface area contributed by atoms with Gasteiger partial charge in [-0.1, -0.05) is 0 Å². The summed E-state index contributed by atoms with van der Waals surface area (Å²) in [6.45, 7) is 6.86. The van der Waals surface area contributed by atoms with E-state index in [0.29, 0.717) is 0 Å². The third-order valence-electron chi connectivity index (χ3n) is 3.53. The summed E-state index contributed by atoms with van der Waals surface area (Å²) in [4.78, 5) is 9.33. The number of nitrogens with zero attached hydrogens (tertiary/aromatic N) is 3. The van der Waals surface area contributed by atoms with Crippen LogP contribution < -0.4 is 9.80 Å². The van der Waals surface area contributed by atoms with Gasteiger partial charge >= 0.3 is 0 Å². The van der Waals surface area contributed by atoms with Crippen LogP contribution in [0.4, 0.5) is 11.4 Å². The van der Waals surface area contributed by atoms with E-state index in [-0.39, 0.29) is 0 Å². The molecule has 2 aliphatic heterocycles. The van der Waals surface area contributed by atoms with Crippen LogP contribution in [0.5, 0.6) is 0 Å². The van der Waals surface area contributed by atoms with Crippen molar-refractivity contribution in [3.63, 3.8) is 0 Å². The molecule has 1 aromatic heterocycles. The molecule has 0 N–H and O–H groups in total. The van der Waals surface area contributed by atoms with Crippen LogP contribution in [-0.4, -0.2) is 31.2 Å². The molecule has 2 aliphatic rings. The fourth-order valence-corrected chi connectivity index (χ4v) is 2.75. The lowest BCUT2D eigenvalue weighted by Gasteiger charge is -2.41. The Morgan fingerprint density at radius 2 is 2.20 bits per heavy atom. The zero-order chi connectivity index (χ0) is 10.3. The van der Waals surface area contributed by atoms with E-state index in [1.165, 1.54) is 42.9 Å². The Morgan fingerprint density at radius 1 is 1.27 bits per heavy atom. The number of hydrogen-bond donors (Lipinski definition) is 0. The van der Waals surface area contributed by atoms with Gasteiger partial charge in [0, 0.05) is 32.4 Å². The number of aryl methyl sites for hydroxylation is 1. The maximum absolute atomic E-state index is 4.37. The largest absolute Gasteiger partial charge is 0.368 e. The molecule has 0 amide bonds. The number of rotatable bonds is 1. The Labute approximate surface area is 90.7 Å². The Bertz CT molecular complexity index is 375. The van der Waals surface area contributed by atoms with Gasteiger partial charge in [0.1, 0.15) is 0 Å². The Hall–Kier alpha value is -1.25. The summed E-state index contributed by atoms with van der Waals surface area (Å²) >= 11 is 0. The molecule has 0 saturated heterocycles. The fraction of sp³-hybridized carbons (Fsp3) is 0.583. The summed E-state index contributed by atoms with van der Waals surface area (Å²) in [5.74, 6) is 0. The molecule has 0 spiro atoms. The molecule has 3 heteroatoms. The molecule has 15 heavy (non-hydrogen) atoms. The topological polar surface area (TPSA) is 19.4 Å². The minimum Gasteiger partial charge on any atom is -0.368 e. The predicted octanol–water partition coefficient (Wildman–Crippen LogP) is 1.67. The van der Waals surface area contributed by atoms with Crippen molar-refractivity contribution in [3.8, 4) is 0 Å². The van der Waals surface area contributed by atoms with Gasteiger partial charge in [0.05, 0.1) is 17.6 Å². The molecule has 80 valence electrons. The molecule has 3 rings (SSSR count). The number of hydrogen-bond acceptors (Lipinski definition) is 3. The van der Waals surface area contributed by atoms with E-state index in [1.54, 1.807) is 0 Å². The average molecular weight is 203 g/mol. The second kappa shape index (κ2) is 3.40. The highest BCUT2D eigenvalue weighted by atomic mass is 15.3. The van der Waals surface area contributed by atoms with Crippen molar-refractivity contribution in [2.45, 2.75) is 19.8 Å². The highest BCUT2D eigenvalue weighted by molar-refractivity contribution is 5.76. The summed E-state index contributed by atoms with van der Waals surface area (Å²) in [5.41, 5.74) is 4.25. The smallest absolute Gasteiger partial charge is 0.0793 e. The molecule has 0 saturated carbocycles. The second-order valence-electron chi connectivity index (χ2n) is 4.34. The zero-order valence-corrected chi connectivity index (χ0v) is 9.24. The molecule has 0 atom stereocenters. The molecule has 3 heterocycles. The van der Waals surface area contributed by atoms with Gasteiger partial charge in [-0.05, 0) is 25.3 Å². The van der Waals surface area contributed by atoms with Crippen molar-refractivity contribution in [2.24, 2.45) is 0 Å². The van der Waals surface area contributed by atoms with Crippen molar-refractivity contribution in [1.82, 2.24) is 4.98 Å². The van der Waals surface area contributed by atoms with E-state index in [9.17, 15) is 0 Å². The zero-order valence-electron chi connectivity index (χ0n) is 9.24. The minimum atomic E-state index is 1.09. The standard InChI is InChI=1S/C12H17N3/c1-2-14-6-7-15-5-3-4-10-8-13-9-11(14)12(10)15/h8-9H,2-7H2,1H3. The molecule has 0 radical (unpaired) electrons. The third kappa shape index (κ3) is 1.29. The van der Waals surface area contributed by atoms with Gasteiger partial charge in [-0.25, -0.2) is 0 Å². The molecule has 0 unspecified atom stereocenters. The van der Waals surface area contributed by atoms with Gasteiger partial charge in [0.25, 0.3) is 0 Å². The molecule has 0 fully saturated rings. The van der Waals surface area contributed by atoms with Crippen LogP contribution >= 0.6 is 0 Å². The molecule has 1 aromatic rings. The monoisotopic (exact) mass is 203 g/mol. The van der Waals surface area contributed by atoms with Crippen LogP contribution in [0.25, 0.3) is 0 Å². The van der Waals surface area contributed by atoms with Crippen LogP contribution in [-0.2, 0) is 6.42 Å². The van der Waals surface area contributed by atoms with Crippen molar-refractivity contribution < 1.29 is 0 Å². The average Bonchev–Trinajstić information content (AvgIpc) is 2.30. The van der Waals surface area contributed by atoms with Gasteiger partial charge in [0.15, 0.2) is 0 Å². The Balaban J connectivity index is 2.13. The molecular weight excluding hydrogens is 186 g/mol. The first-order valence-electron chi connectivity index (χ1n) is 5.87. The third-order valence-corrected chi connectivity index (χ3v) is 3.53. The predicted molar refractivity (Wildman–Crippen MR) is 62.7 cm³/mol. The van der Waals surface area contributed by atoms with E-state index >= 15 is 0 Å². The van der Waals surface area contributed by atoms with Crippen molar-refractivity contribution in [3.05, 3.63) is 18.0 Å². The first-order valence-corrected chi connectivity index (χ1v) is 5.87. The van der Waals surface area contributed by atoms with E-state index < -0.39 is 0 Å². The molecule has 3 nitrogen and oxygen atoms in total.